The molecule has 0 radical (unpaired) electrons. The molecule has 0 saturated heterocycles. The summed E-state index contributed by atoms with van der Waals surface area (Å²) in [6.45, 7) is 2.02. The largest absolute Gasteiger partial charge is 0.361 e. The first-order chi connectivity index (χ1) is 7.16. The van der Waals surface area contributed by atoms with Crippen LogP contribution in [0.25, 0.3) is 0 Å². The molecule has 15 heavy (non-hydrogen) atoms. The van der Waals surface area contributed by atoms with Crippen molar-refractivity contribution in [2.45, 2.75) is 32.2 Å². The summed E-state index contributed by atoms with van der Waals surface area (Å²) < 4.78 is 0. The van der Waals surface area contributed by atoms with Gasteiger partial charge in [-0.3, -0.25) is 9.78 Å². The SMILES string of the molecule is CC(Nc1n[nH]c(=O)[nH]c1=O)C1CCC1. The van der Waals surface area contributed by atoms with Gasteiger partial charge in [0.2, 0.25) is 5.82 Å². The van der Waals surface area contributed by atoms with E-state index in [0.717, 1.165) is 0 Å². The van der Waals surface area contributed by atoms with Crippen molar-refractivity contribution in [1.29, 1.82) is 0 Å². The Balaban J connectivity index is 2.09. The van der Waals surface area contributed by atoms with E-state index in [9.17, 15) is 9.59 Å². The van der Waals surface area contributed by atoms with Crippen LogP contribution in [-0.2, 0) is 0 Å². The van der Waals surface area contributed by atoms with E-state index in [1.165, 1.54) is 19.3 Å². The Morgan fingerprint density at radius 1 is 1.47 bits per heavy atom. The van der Waals surface area contributed by atoms with Crippen molar-refractivity contribution in [3.05, 3.63) is 20.8 Å². The molecule has 0 spiro atoms. The number of H-pyrrole nitrogens is 2. The molecule has 1 saturated carbocycles. The number of aromatic amines is 2. The van der Waals surface area contributed by atoms with E-state index >= 15 is 0 Å². The molecule has 0 bridgehead atoms. The van der Waals surface area contributed by atoms with Gasteiger partial charge in [-0.15, -0.1) is 5.10 Å². The molecule has 2 rings (SSSR count). The molecular formula is C9H14N4O2. The van der Waals surface area contributed by atoms with E-state index in [-0.39, 0.29) is 11.9 Å². The van der Waals surface area contributed by atoms with E-state index in [4.69, 9.17) is 0 Å². The van der Waals surface area contributed by atoms with Crippen LogP contribution in [0.3, 0.4) is 0 Å². The molecule has 0 amide bonds. The fraction of sp³-hybridized carbons (Fsp3) is 0.667. The predicted molar refractivity (Wildman–Crippen MR) is 55.9 cm³/mol. The molecule has 0 aliphatic heterocycles. The normalized spacial score (nSPS) is 18.2. The number of nitrogens with one attached hydrogen (secondary N) is 3. The maximum atomic E-state index is 11.3. The van der Waals surface area contributed by atoms with Crippen LogP contribution in [0.1, 0.15) is 26.2 Å². The van der Waals surface area contributed by atoms with E-state index in [1.54, 1.807) is 0 Å². The summed E-state index contributed by atoms with van der Waals surface area (Å²) in [5, 5.41) is 8.88. The number of rotatable bonds is 3. The molecule has 1 aliphatic rings. The van der Waals surface area contributed by atoms with E-state index < -0.39 is 11.2 Å². The molecule has 0 aromatic carbocycles. The average molecular weight is 210 g/mol. The first kappa shape index (κ1) is 9.95. The second-order valence-corrected chi connectivity index (χ2v) is 3.98. The van der Waals surface area contributed by atoms with Crippen molar-refractivity contribution in [3.63, 3.8) is 0 Å². The molecular weight excluding hydrogens is 196 g/mol. The van der Waals surface area contributed by atoms with Crippen molar-refractivity contribution >= 4 is 5.82 Å². The third kappa shape index (κ3) is 2.08. The van der Waals surface area contributed by atoms with Gasteiger partial charge < -0.3 is 5.32 Å². The summed E-state index contributed by atoms with van der Waals surface area (Å²) in [6, 6.07) is 0.221. The molecule has 1 heterocycles. The maximum Gasteiger partial charge on any atom is 0.342 e. The van der Waals surface area contributed by atoms with Crippen molar-refractivity contribution in [2.24, 2.45) is 5.92 Å². The van der Waals surface area contributed by atoms with Gasteiger partial charge in [0.15, 0.2) is 0 Å². The van der Waals surface area contributed by atoms with Crippen LogP contribution in [0.2, 0.25) is 0 Å². The highest BCUT2D eigenvalue weighted by molar-refractivity contribution is 5.30. The number of nitrogens with zero attached hydrogens (tertiary/aromatic N) is 1. The van der Waals surface area contributed by atoms with Crippen LogP contribution in [0.5, 0.6) is 0 Å². The topological polar surface area (TPSA) is 90.6 Å². The Morgan fingerprint density at radius 3 is 2.73 bits per heavy atom. The Bertz CT molecular complexity index is 446. The summed E-state index contributed by atoms with van der Waals surface area (Å²) in [4.78, 5) is 24.2. The number of aromatic nitrogens is 3. The minimum absolute atomic E-state index is 0.189. The number of hydrogen-bond donors (Lipinski definition) is 3. The zero-order valence-electron chi connectivity index (χ0n) is 8.54. The Kier molecular flexibility index (Phi) is 2.57. The van der Waals surface area contributed by atoms with Crippen LogP contribution in [0, 0.1) is 5.92 Å². The molecule has 1 unspecified atom stereocenters. The average Bonchev–Trinajstić information content (AvgIpc) is 2.07. The lowest BCUT2D eigenvalue weighted by Crippen LogP contribution is -2.35. The molecule has 1 atom stereocenters. The molecule has 6 heteroatoms. The number of hydrogen-bond acceptors (Lipinski definition) is 4. The molecule has 1 fully saturated rings. The first-order valence-electron chi connectivity index (χ1n) is 5.12. The van der Waals surface area contributed by atoms with Gasteiger partial charge in [0, 0.05) is 6.04 Å². The lowest BCUT2D eigenvalue weighted by molar-refractivity contribution is 0.284. The van der Waals surface area contributed by atoms with Crippen LogP contribution in [0.15, 0.2) is 9.59 Å². The zero-order valence-corrected chi connectivity index (χ0v) is 8.54. The summed E-state index contributed by atoms with van der Waals surface area (Å²) in [5.41, 5.74) is -1.05. The van der Waals surface area contributed by atoms with E-state index in [1.807, 2.05) is 6.92 Å². The fourth-order valence-corrected chi connectivity index (χ4v) is 1.72. The van der Waals surface area contributed by atoms with Gasteiger partial charge in [-0.25, -0.2) is 9.89 Å². The minimum atomic E-state index is -0.582. The van der Waals surface area contributed by atoms with Gasteiger partial charge in [-0.05, 0) is 25.7 Å². The summed E-state index contributed by atoms with van der Waals surface area (Å²) in [5.74, 6) is 0.798. The highest BCUT2D eigenvalue weighted by atomic mass is 16.2. The van der Waals surface area contributed by atoms with Crippen molar-refractivity contribution in [1.82, 2.24) is 15.2 Å². The lowest BCUT2D eigenvalue weighted by atomic mass is 9.80. The highest BCUT2D eigenvalue weighted by Gasteiger charge is 2.24. The summed E-state index contributed by atoms with van der Waals surface area (Å²) in [7, 11) is 0. The standard InChI is InChI=1S/C9H14N4O2/c1-5(6-3-2-4-6)10-7-8(14)11-9(15)13-12-7/h5-6H,2-4H2,1H3,(H,10,12)(H2,11,13,14,15). The Morgan fingerprint density at radius 2 is 2.20 bits per heavy atom. The molecule has 1 aliphatic carbocycles. The third-order valence-corrected chi connectivity index (χ3v) is 2.93. The van der Waals surface area contributed by atoms with Crippen molar-refractivity contribution in [2.75, 3.05) is 5.32 Å². The van der Waals surface area contributed by atoms with Crippen molar-refractivity contribution in [3.8, 4) is 0 Å². The smallest absolute Gasteiger partial charge is 0.342 e. The van der Waals surface area contributed by atoms with Crippen LogP contribution < -0.4 is 16.6 Å². The molecule has 1 aromatic rings. The lowest BCUT2D eigenvalue weighted by Gasteiger charge is -2.31. The second kappa shape index (κ2) is 3.88. The predicted octanol–water partition coefficient (Wildman–Crippen LogP) is 0.0587. The summed E-state index contributed by atoms with van der Waals surface area (Å²) >= 11 is 0. The maximum absolute atomic E-state index is 11.3. The summed E-state index contributed by atoms with van der Waals surface area (Å²) in [6.07, 6.45) is 3.64. The minimum Gasteiger partial charge on any atom is -0.361 e. The molecule has 82 valence electrons. The fourth-order valence-electron chi connectivity index (χ4n) is 1.72. The quantitative estimate of drug-likeness (QED) is 0.658. The van der Waals surface area contributed by atoms with Crippen LogP contribution >= 0.6 is 0 Å². The second-order valence-electron chi connectivity index (χ2n) is 3.98. The van der Waals surface area contributed by atoms with Gasteiger partial charge in [0.05, 0.1) is 0 Å². The number of anilines is 1. The molecule has 1 aromatic heterocycles. The van der Waals surface area contributed by atoms with E-state index in [0.29, 0.717) is 5.92 Å². The van der Waals surface area contributed by atoms with Gasteiger partial charge in [-0.1, -0.05) is 6.42 Å². The zero-order chi connectivity index (χ0) is 10.8. The van der Waals surface area contributed by atoms with Gasteiger partial charge >= 0.3 is 5.69 Å². The van der Waals surface area contributed by atoms with Gasteiger partial charge in [0.25, 0.3) is 5.56 Å². The van der Waals surface area contributed by atoms with E-state index in [2.05, 4.69) is 20.5 Å². The molecule has 3 N–H and O–H groups in total. The van der Waals surface area contributed by atoms with Gasteiger partial charge in [-0.2, -0.15) is 0 Å². The van der Waals surface area contributed by atoms with Gasteiger partial charge in [0.1, 0.15) is 0 Å². The Labute approximate surface area is 86.1 Å². The first-order valence-corrected chi connectivity index (χ1v) is 5.12. The van der Waals surface area contributed by atoms with Crippen molar-refractivity contribution < 1.29 is 0 Å². The van der Waals surface area contributed by atoms with Crippen LogP contribution in [-0.4, -0.2) is 21.2 Å². The Hall–Kier alpha value is -1.59. The highest BCUT2D eigenvalue weighted by Crippen LogP contribution is 2.30. The monoisotopic (exact) mass is 210 g/mol. The third-order valence-electron chi connectivity index (χ3n) is 2.93. The van der Waals surface area contributed by atoms with Crippen LogP contribution in [0.4, 0.5) is 5.82 Å². The molecule has 6 nitrogen and oxygen atoms in total.